The number of benzene rings is 2. The van der Waals surface area contributed by atoms with E-state index in [9.17, 15) is 18.0 Å². The minimum absolute atomic E-state index is 0.0802. The van der Waals surface area contributed by atoms with Gasteiger partial charge in [0.1, 0.15) is 5.54 Å². The molecular formula is C25H25BrCl2N4O4S. The van der Waals surface area contributed by atoms with Crippen molar-refractivity contribution >= 4 is 72.4 Å². The number of halogens is 3. The van der Waals surface area contributed by atoms with Crippen molar-refractivity contribution in [3.05, 3.63) is 68.7 Å². The number of amides is 2. The molecule has 0 bridgehead atoms. The lowest BCUT2D eigenvalue weighted by Crippen LogP contribution is -2.42. The molecule has 0 fully saturated rings. The molecule has 0 radical (unpaired) electrons. The molecule has 4 rings (SSSR count). The summed E-state index contributed by atoms with van der Waals surface area (Å²) in [4.78, 5) is 33.1. The fourth-order valence-electron chi connectivity index (χ4n) is 4.39. The molecule has 1 aliphatic rings. The van der Waals surface area contributed by atoms with E-state index in [0.29, 0.717) is 15.7 Å². The van der Waals surface area contributed by atoms with Crippen LogP contribution in [0.15, 0.2) is 58.2 Å². The van der Waals surface area contributed by atoms with Crippen LogP contribution in [0.1, 0.15) is 25.3 Å². The van der Waals surface area contributed by atoms with Crippen molar-refractivity contribution in [1.29, 1.82) is 0 Å². The smallest absolute Gasteiger partial charge is 0.260 e. The maximum Gasteiger partial charge on any atom is 0.260 e. The average Bonchev–Trinajstić information content (AvgIpc) is 3.33. The normalized spacial score (nSPS) is 17.2. The standard InChI is InChI=1S/C25H25BrCl2N4O4S/c1-25(14-16-6-8-17(26)9-7-16)23(34)31(20-12-18(27)11-19(28)13-20)24-29-15-22(32(24)25)37(35,36)10-4-5-21(33)30(2)3/h6-9,11-13,15H,4-5,10,14H2,1-3H3/t25-/m1/s1. The first-order valence-electron chi connectivity index (χ1n) is 11.4. The van der Waals surface area contributed by atoms with Gasteiger partial charge in [-0.05, 0) is 49.2 Å². The Morgan fingerprint density at radius 2 is 1.73 bits per heavy atom. The van der Waals surface area contributed by atoms with Crippen LogP contribution >= 0.6 is 39.1 Å². The monoisotopic (exact) mass is 626 g/mol. The fraction of sp³-hybridized carbons (Fsp3) is 0.320. The number of nitrogens with zero attached hydrogens (tertiary/aromatic N) is 4. The first-order chi connectivity index (χ1) is 17.3. The van der Waals surface area contributed by atoms with E-state index >= 15 is 0 Å². The molecule has 1 aliphatic heterocycles. The quantitative estimate of drug-likeness (QED) is 0.341. The molecule has 0 N–H and O–H groups in total. The van der Waals surface area contributed by atoms with E-state index in [2.05, 4.69) is 20.9 Å². The number of imidazole rings is 1. The van der Waals surface area contributed by atoms with Crippen molar-refractivity contribution in [3.63, 3.8) is 0 Å². The predicted molar refractivity (Wildman–Crippen MR) is 147 cm³/mol. The Morgan fingerprint density at radius 1 is 1.11 bits per heavy atom. The zero-order chi connectivity index (χ0) is 27.1. The largest absolute Gasteiger partial charge is 0.349 e. The van der Waals surface area contributed by atoms with Gasteiger partial charge in [0, 0.05) is 41.5 Å². The maximum atomic E-state index is 14.0. The second-order valence-electron chi connectivity index (χ2n) is 9.29. The summed E-state index contributed by atoms with van der Waals surface area (Å²) in [5, 5.41) is 0.574. The van der Waals surface area contributed by atoms with Gasteiger partial charge in [0.15, 0.2) is 14.9 Å². The average molecular weight is 628 g/mol. The van der Waals surface area contributed by atoms with Gasteiger partial charge in [-0.1, -0.05) is 51.3 Å². The highest BCUT2D eigenvalue weighted by Gasteiger charge is 2.51. The summed E-state index contributed by atoms with van der Waals surface area (Å²) < 4.78 is 29.3. The van der Waals surface area contributed by atoms with Crippen LogP contribution in [0, 0.1) is 0 Å². The van der Waals surface area contributed by atoms with Crippen LogP contribution in [0.4, 0.5) is 11.6 Å². The Hall–Kier alpha value is -2.40. The lowest BCUT2D eigenvalue weighted by atomic mass is 9.92. The number of carbonyl (C=O) groups excluding carboxylic acids is 2. The second-order valence-corrected chi connectivity index (χ2v) is 13.1. The molecular weight excluding hydrogens is 603 g/mol. The molecule has 37 heavy (non-hydrogen) atoms. The summed E-state index contributed by atoms with van der Waals surface area (Å²) in [5.41, 5.74) is -0.0879. The van der Waals surface area contributed by atoms with Gasteiger partial charge in [-0.15, -0.1) is 0 Å². The number of fused-ring (bicyclic) bond motifs is 1. The molecule has 0 aliphatic carbocycles. The predicted octanol–water partition coefficient (Wildman–Crippen LogP) is 5.23. The molecule has 12 heteroatoms. The van der Waals surface area contributed by atoms with Crippen LogP contribution in [-0.4, -0.2) is 54.5 Å². The minimum Gasteiger partial charge on any atom is -0.349 e. The van der Waals surface area contributed by atoms with Gasteiger partial charge in [0.2, 0.25) is 11.9 Å². The molecule has 0 spiro atoms. The fourth-order valence-corrected chi connectivity index (χ4v) is 6.68. The van der Waals surface area contributed by atoms with Gasteiger partial charge < -0.3 is 4.90 Å². The maximum absolute atomic E-state index is 14.0. The number of aromatic nitrogens is 2. The zero-order valence-corrected chi connectivity index (χ0v) is 24.3. The lowest BCUT2D eigenvalue weighted by molar-refractivity contribution is -0.128. The molecule has 1 aromatic heterocycles. The molecule has 1 atom stereocenters. The Kier molecular flexibility index (Phi) is 7.77. The van der Waals surface area contributed by atoms with Crippen molar-refractivity contribution in [3.8, 4) is 0 Å². The van der Waals surface area contributed by atoms with E-state index in [1.807, 2.05) is 24.3 Å². The number of hydrogen-bond acceptors (Lipinski definition) is 5. The van der Waals surface area contributed by atoms with E-state index in [4.69, 9.17) is 23.2 Å². The van der Waals surface area contributed by atoms with Gasteiger partial charge in [-0.2, -0.15) is 0 Å². The Labute approximate surface area is 234 Å². The highest BCUT2D eigenvalue weighted by Crippen LogP contribution is 2.44. The van der Waals surface area contributed by atoms with Crippen molar-refractivity contribution in [2.45, 2.75) is 36.8 Å². The van der Waals surface area contributed by atoms with E-state index in [1.165, 1.54) is 20.6 Å². The first kappa shape index (κ1) is 27.6. The van der Waals surface area contributed by atoms with Gasteiger partial charge in [-0.25, -0.2) is 18.3 Å². The first-order valence-corrected chi connectivity index (χ1v) is 14.6. The molecule has 2 heterocycles. The third-order valence-electron chi connectivity index (χ3n) is 6.26. The number of anilines is 2. The third kappa shape index (κ3) is 5.43. The Morgan fingerprint density at radius 3 is 2.32 bits per heavy atom. The lowest BCUT2D eigenvalue weighted by Gasteiger charge is -2.26. The van der Waals surface area contributed by atoms with Gasteiger partial charge in [0.05, 0.1) is 17.6 Å². The number of hydrogen-bond donors (Lipinski definition) is 0. The van der Waals surface area contributed by atoms with Crippen LogP contribution < -0.4 is 4.90 Å². The zero-order valence-electron chi connectivity index (χ0n) is 20.4. The summed E-state index contributed by atoms with van der Waals surface area (Å²) >= 11 is 15.9. The summed E-state index contributed by atoms with van der Waals surface area (Å²) in [5.74, 6) is -0.626. The van der Waals surface area contributed by atoms with E-state index in [1.54, 1.807) is 39.2 Å². The number of rotatable bonds is 8. The molecule has 0 unspecified atom stereocenters. The molecule has 2 amide bonds. The van der Waals surface area contributed by atoms with Crippen LogP contribution in [0.25, 0.3) is 0 Å². The van der Waals surface area contributed by atoms with Crippen LogP contribution in [-0.2, 0) is 31.4 Å². The number of carbonyl (C=O) groups is 2. The van der Waals surface area contributed by atoms with E-state index < -0.39 is 15.4 Å². The van der Waals surface area contributed by atoms with Gasteiger partial charge >= 0.3 is 0 Å². The Balaban J connectivity index is 1.80. The summed E-state index contributed by atoms with van der Waals surface area (Å²) in [7, 11) is -0.645. The van der Waals surface area contributed by atoms with Gasteiger partial charge in [-0.3, -0.25) is 14.2 Å². The summed E-state index contributed by atoms with van der Waals surface area (Å²) in [6.45, 7) is 1.70. The SMILES string of the molecule is CN(C)C(=O)CCCS(=O)(=O)c1cnc2n1[C@](C)(Cc1ccc(Br)cc1)C(=O)N2c1cc(Cl)cc(Cl)c1. The minimum atomic E-state index is -3.89. The molecule has 0 saturated heterocycles. The van der Waals surface area contributed by atoms with Crippen molar-refractivity contribution < 1.29 is 18.0 Å². The summed E-state index contributed by atoms with van der Waals surface area (Å²) in [6.07, 6.45) is 1.72. The van der Waals surface area contributed by atoms with Crippen LogP contribution in [0.2, 0.25) is 10.0 Å². The summed E-state index contributed by atoms with van der Waals surface area (Å²) in [6, 6.07) is 12.2. The highest BCUT2D eigenvalue weighted by molar-refractivity contribution is 9.10. The third-order valence-corrected chi connectivity index (χ3v) is 8.97. The number of sulfone groups is 1. The molecule has 8 nitrogen and oxygen atoms in total. The molecule has 3 aromatic rings. The molecule has 196 valence electrons. The van der Waals surface area contributed by atoms with E-state index in [-0.39, 0.29) is 47.8 Å². The van der Waals surface area contributed by atoms with Crippen molar-refractivity contribution in [2.75, 3.05) is 24.7 Å². The van der Waals surface area contributed by atoms with Crippen LogP contribution in [0.5, 0.6) is 0 Å². The molecule has 2 aromatic carbocycles. The topological polar surface area (TPSA) is 92.6 Å². The van der Waals surface area contributed by atoms with Crippen molar-refractivity contribution in [1.82, 2.24) is 14.5 Å². The Bertz CT molecular complexity index is 1450. The van der Waals surface area contributed by atoms with Crippen LogP contribution in [0.3, 0.4) is 0 Å². The van der Waals surface area contributed by atoms with Crippen molar-refractivity contribution in [2.24, 2.45) is 0 Å². The second kappa shape index (κ2) is 10.4. The van der Waals surface area contributed by atoms with Gasteiger partial charge in [0.25, 0.3) is 5.91 Å². The highest BCUT2D eigenvalue weighted by atomic mass is 79.9. The van der Waals surface area contributed by atoms with E-state index in [0.717, 1.165) is 10.0 Å². The molecule has 0 saturated carbocycles.